The van der Waals surface area contributed by atoms with Crippen LogP contribution < -0.4 is 5.32 Å². The molecule has 0 saturated heterocycles. The van der Waals surface area contributed by atoms with Crippen LogP contribution in [0.3, 0.4) is 0 Å². The van der Waals surface area contributed by atoms with E-state index in [9.17, 15) is 0 Å². The van der Waals surface area contributed by atoms with Crippen LogP contribution in [0.2, 0.25) is 0 Å². The van der Waals surface area contributed by atoms with Crippen molar-refractivity contribution in [1.29, 1.82) is 5.26 Å². The molecule has 2 nitrogen and oxygen atoms in total. The normalized spacial score (nSPS) is 20.5. The zero-order valence-corrected chi connectivity index (χ0v) is 8.63. The second-order valence-electron chi connectivity index (χ2n) is 3.16. The molecule has 1 aromatic rings. The predicted octanol–water partition coefficient (Wildman–Crippen LogP) is 2.16. The van der Waals surface area contributed by atoms with Gasteiger partial charge in [0.1, 0.15) is 0 Å². The van der Waals surface area contributed by atoms with Gasteiger partial charge in [-0.05, 0) is 23.3 Å². The lowest BCUT2D eigenvalue weighted by Crippen LogP contribution is -2.27. The molecular weight excluding hydrogens is 228 g/mol. The SMILES string of the molecule is N#CC1CNCc2cc(Br)ccc21. The Hall–Kier alpha value is -0.850. The van der Waals surface area contributed by atoms with E-state index in [0.717, 1.165) is 17.6 Å². The highest BCUT2D eigenvalue weighted by molar-refractivity contribution is 9.10. The third kappa shape index (κ3) is 1.60. The van der Waals surface area contributed by atoms with Crippen LogP contribution in [-0.4, -0.2) is 6.54 Å². The standard InChI is InChI=1S/C10H9BrN2/c11-9-1-2-10-7(3-9)5-13-6-8(10)4-12/h1-3,8,13H,5-6H2. The molecule has 3 heteroatoms. The molecule has 0 saturated carbocycles. The number of nitrogens with zero attached hydrogens (tertiary/aromatic N) is 1. The van der Waals surface area contributed by atoms with Crippen LogP contribution in [0.5, 0.6) is 0 Å². The highest BCUT2D eigenvalue weighted by Crippen LogP contribution is 2.25. The lowest BCUT2D eigenvalue weighted by molar-refractivity contribution is 0.607. The highest BCUT2D eigenvalue weighted by atomic mass is 79.9. The summed E-state index contributed by atoms with van der Waals surface area (Å²) in [7, 11) is 0. The second-order valence-corrected chi connectivity index (χ2v) is 4.07. The van der Waals surface area contributed by atoms with E-state index in [0.29, 0.717) is 0 Å². The Morgan fingerprint density at radius 2 is 2.38 bits per heavy atom. The first-order valence-electron chi connectivity index (χ1n) is 4.20. The molecule has 1 aliphatic rings. The lowest BCUT2D eigenvalue weighted by atomic mass is 9.92. The van der Waals surface area contributed by atoms with E-state index in [-0.39, 0.29) is 5.92 Å². The molecule has 66 valence electrons. The highest BCUT2D eigenvalue weighted by Gasteiger charge is 2.18. The van der Waals surface area contributed by atoms with E-state index in [1.165, 1.54) is 11.1 Å². The van der Waals surface area contributed by atoms with Gasteiger partial charge in [-0.1, -0.05) is 22.0 Å². The van der Waals surface area contributed by atoms with Crippen LogP contribution in [-0.2, 0) is 6.54 Å². The number of fused-ring (bicyclic) bond motifs is 1. The summed E-state index contributed by atoms with van der Waals surface area (Å²) in [6.45, 7) is 1.64. The van der Waals surface area contributed by atoms with E-state index in [1.807, 2.05) is 12.1 Å². The third-order valence-electron chi connectivity index (χ3n) is 2.30. The molecule has 0 fully saturated rings. The molecule has 0 aliphatic carbocycles. The Labute approximate surface area is 85.7 Å². The summed E-state index contributed by atoms with van der Waals surface area (Å²) in [5.74, 6) is 0.0110. The maximum absolute atomic E-state index is 8.91. The molecule has 0 bridgehead atoms. The summed E-state index contributed by atoms with van der Waals surface area (Å²) in [5.41, 5.74) is 2.40. The van der Waals surface area contributed by atoms with Crippen LogP contribution in [0.1, 0.15) is 17.0 Å². The third-order valence-corrected chi connectivity index (χ3v) is 2.79. The fraction of sp³-hybridized carbons (Fsp3) is 0.300. The van der Waals surface area contributed by atoms with Crippen molar-refractivity contribution < 1.29 is 0 Å². The van der Waals surface area contributed by atoms with Gasteiger partial charge in [0.25, 0.3) is 0 Å². The minimum absolute atomic E-state index is 0.0110. The Morgan fingerprint density at radius 3 is 3.15 bits per heavy atom. The number of halogens is 1. The molecule has 0 radical (unpaired) electrons. The fourth-order valence-corrected chi connectivity index (χ4v) is 2.05. The van der Waals surface area contributed by atoms with E-state index in [2.05, 4.69) is 33.4 Å². The number of rotatable bonds is 0. The fourth-order valence-electron chi connectivity index (χ4n) is 1.64. The number of hydrogen-bond donors (Lipinski definition) is 1. The van der Waals surface area contributed by atoms with Gasteiger partial charge in [0.15, 0.2) is 0 Å². The van der Waals surface area contributed by atoms with Gasteiger partial charge in [0.2, 0.25) is 0 Å². The summed E-state index contributed by atoms with van der Waals surface area (Å²) in [6, 6.07) is 8.41. The van der Waals surface area contributed by atoms with Crippen molar-refractivity contribution in [3.8, 4) is 6.07 Å². The smallest absolute Gasteiger partial charge is 0.0840 e. The summed E-state index contributed by atoms with van der Waals surface area (Å²) in [5, 5.41) is 12.1. The Balaban J connectivity index is 2.47. The van der Waals surface area contributed by atoms with Crippen molar-refractivity contribution in [2.75, 3.05) is 6.54 Å². The second kappa shape index (κ2) is 3.49. The van der Waals surface area contributed by atoms with Crippen molar-refractivity contribution in [3.05, 3.63) is 33.8 Å². The first kappa shape index (κ1) is 8.74. The molecule has 1 aliphatic heterocycles. The first-order valence-corrected chi connectivity index (χ1v) is 4.99. The topological polar surface area (TPSA) is 35.8 Å². The average molecular weight is 237 g/mol. The number of hydrogen-bond acceptors (Lipinski definition) is 2. The van der Waals surface area contributed by atoms with Crippen molar-refractivity contribution in [1.82, 2.24) is 5.32 Å². The van der Waals surface area contributed by atoms with Crippen LogP contribution in [0, 0.1) is 11.3 Å². The lowest BCUT2D eigenvalue weighted by Gasteiger charge is -2.21. The Bertz CT molecular complexity index is 368. The zero-order chi connectivity index (χ0) is 9.26. The molecule has 2 rings (SSSR count). The minimum Gasteiger partial charge on any atom is -0.311 e. The van der Waals surface area contributed by atoms with Crippen LogP contribution in [0.25, 0.3) is 0 Å². The Morgan fingerprint density at radius 1 is 1.54 bits per heavy atom. The minimum atomic E-state index is 0.0110. The average Bonchev–Trinajstić information content (AvgIpc) is 2.16. The summed E-state index contributed by atoms with van der Waals surface area (Å²) < 4.78 is 1.08. The van der Waals surface area contributed by atoms with Crippen LogP contribution in [0.15, 0.2) is 22.7 Å². The maximum atomic E-state index is 8.91. The van der Waals surface area contributed by atoms with Gasteiger partial charge in [-0.15, -0.1) is 0 Å². The summed E-state index contributed by atoms with van der Waals surface area (Å²) in [6.07, 6.45) is 0. The molecule has 1 heterocycles. The van der Waals surface area contributed by atoms with E-state index >= 15 is 0 Å². The van der Waals surface area contributed by atoms with Gasteiger partial charge >= 0.3 is 0 Å². The van der Waals surface area contributed by atoms with Gasteiger partial charge in [0.05, 0.1) is 12.0 Å². The predicted molar refractivity (Wildman–Crippen MR) is 54.2 cm³/mol. The van der Waals surface area contributed by atoms with Crippen molar-refractivity contribution in [2.45, 2.75) is 12.5 Å². The first-order chi connectivity index (χ1) is 6.31. The van der Waals surface area contributed by atoms with Gasteiger partial charge in [0, 0.05) is 17.6 Å². The molecule has 0 aromatic heterocycles. The van der Waals surface area contributed by atoms with E-state index < -0.39 is 0 Å². The van der Waals surface area contributed by atoms with Gasteiger partial charge in [-0.2, -0.15) is 5.26 Å². The molecule has 1 unspecified atom stereocenters. The van der Waals surface area contributed by atoms with Gasteiger partial charge < -0.3 is 5.32 Å². The molecule has 1 aromatic carbocycles. The van der Waals surface area contributed by atoms with E-state index in [1.54, 1.807) is 0 Å². The molecule has 1 N–H and O–H groups in total. The van der Waals surface area contributed by atoms with Gasteiger partial charge in [-0.25, -0.2) is 0 Å². The number of benzene rings is 1. The zero-order valence-electron chi connectivity index (χ0n) is 7.05. The molecule has 0 amide bonds. The van der Waals surface area contributed by atoms with Crippen LogP contribution >= 0.6 is 15.9 Å². The number of nitrogens with one attached hydrogen (secondary N) is 1. The van der Waals surface area contributed by atoms with Crippen LogP contribution in [0.4, 0.5) is 0 Å². The van der Waals surface area contributed by atoms with Gasteiger partial charge in [-0.3, -0.25) is 0 Å². The molecule has 13 heavy (non-hydrogen) atoms. The molecule has 0 spiro atoms. The largest absolute Gasteiger partial charge is 0.311 e. The number of nitriles is 1. The summed E-state index contributed by atoms with van der Waals surface area (Å²) in [4.78, 5) is 0. The van der Waals surface area contributed by atoms with Crippen molar-refractivity contribution in [3.63, 3.8) is 0 Å². The summed E-state index contributed by atoms with van der Waals surface area (Å²) >= 11 is 3.42. The van der Waals surface area contributed by atoms with Crippen molar-refractivity contribution in [2.24, 2.45) is 0 Å². The Kier molecular flexibility index (Phi) is 2.34. The maximum Gasteiger partial charge on any atom is 0.0840 e. The molecule has 1 atom stereocenters. The van der Waals surface area contributed by atoms with Crippen molar-refractivity contribution >= 4 is 15.9 Å². The molecular formula is C10H9BrN2. The monoisotopic (exact) mass is 236 g/mol. The van der Waals surface area contributed by atoms with E-state index in [4.69, 9.17) is 5.26 Å². The quantitative estimate of drug-likeness (QED) is 0.750.